The van der Waals surface area contributed by atoms with E-state index in [1.165, 1.54) is 11.8 Å². The van der Waals surface area contributed by atoms with Gasteiger partial charge in [-0.15, -0.1) is 0 Å². The third-order valence-corrected chi connectivity index (χ3v) is 5.75. The molecule has 3 aromatic carbocycles. The fourth-order valence-corrected chi connectivity index (χ4v) is 3.98. The van der Waals surface area contributed by atoms with Crippen molar-refractivity contribution in [3.8, 4) is 17.2 Å². The van der Waals surface area contributed by atoms with E-state index in [-0.39, 0.29) is 5.76 Å². The Bertz CT molecular complexity index is 1360. The molecule has 0 aliphatic heterocycles. The first-order chi connectivity index (χ1) is 17.0. The van der Waals surface area contributed by atoms with Crippen LogP contribution in [0, 0.1) is 6.92 Å². The highest BCUT2D eigenvalue weighted by Crippen LogP contribution is 2.37. The third kappa shape index (κ3) is 6.02. The van der Waals surface area contributed by atoms with Gasteiger partial charge in [0.15, 0.2) is 17.3 Å². The maximum atomic E-state index is 12.5. The monoisotopic (exact) mass is 536 g/mol. The molecular weight excluding hydrogens is 512 g/mol. The van der Waals surface area contributed by atoms with Crippen molar-refractivity contribution in [1.29, 1.82) is 0 Å². The van der Waals surface area contributed by atoms with Gasteiger partial charge in [-0.1, -0.05) is 29.8 Å². The number of benzene rings is 3. The predicted octanol–water partition coefficient (Wildman–Crippen LogP) is 6.25. The lowest BCUT2D eigenvalue weighted by atomic mass is 10.2. The first-order valence-electron chi connectivity index (χ1n) is 11.0. The quantitative estimate of drug-likeness (QED) is 0.202. The zero-order valence-corrected chi connectivity index (χ0v) is 21.2. The van der Waals surface area contributed by atoms with Crippen LogP contribution in [-0.2, 0) is 6.61 Å². The van der Waals surface area contributed by atoms with E-state index in [4.69, 9.17) is 18.6 Å². The molecule has 0 fully saturated rings. The average Bonchev–Trinajstić information content (AvgIpc) is 3.28. The van der Waals surface area contributed by atoms with Crippen LogP contribution >= 0.6 is 15.9 Å². The molecule has 1 amide bonds. The second-order valence-electron chi connectivity index (χ2n) is 7.75. The maximum Gasteiger partial charge on any atom is 0.307 e. The summed E-state index contributed by atoms with van der Waals surface area (Å²) >= 11 is 3.54. The van der Waals surface area contributed by atoms with Gasteiger partial charge in [-0.05, 0) is 77.3 Å². The summed E-state index contributed by atoms with van der Waals surface area (Å²) in [6.45, 7) is 4.92. The lowest BCUT2D eigenvalue weighted by Gasteiger charge is -2.13. The summed E-state index contributed by atoms with van der Waals surface area (Å²) in [5.41, 5.74) is 6.04. The molecule has 0 saturated heterocycles. The van der Waals surface area contributed by atoms with Crippen LogP contribution in [0.3, 0.4) is 0 Å². The van der Waals surface area contributed by atoms with E-state index >= 15 is 0 Å². The van der Waals surface area contributed by atoms with Crippen LogP contribution in [0.25, 0.3) is 11.0 Å². The van der Waals surface area contributed by atoms with Crippen molar-refractivity contribution in [1.82, 2.24) is 5.43 Å². The number of rotatable bonds is 9. The first kappa shape index (κ1) is 24.3. The Morgan fingerprint density at radius 2 is 1.89 bits per heavy atom. The lowest BCUT2D eigenvalue weighted by molar-refractivity contribution is 0.0929. The van der Waals surface area contributed by atoms with E-state index in [0.29, 0.717) is 40.3 Å². The predicted molar refractivity (Wildman–Crippen MR) is 139 cm³/mol. The van der Waals surface area contributed by atoms with E-state index < -0.39 is 5.91 Å². The Hall–Kier alpha value is -3.78. The number of nitrogens with zero attached hydrogens (tertiary/aromatic N) is 1. The van der Waals surface area contributed by atoms with Crippen LogP contribution in [0.1, 0.15) is 34.2 Å². The number of carbonyl (C=O) groups excluding carboxylic acids is 1. The maximum absolute atomic E-state index is 12.5. The van der Waals surface area contributed by atoms with E-state index in [1.54, 1.807) is 31.4 Å². The minimum atomic E-state index is -0.459. The number of fused-ring (bicyclic) bond motifs is 1. The van der Waals surface area contributed by atoms with Crippen molar-refractivity contribution in [2.45, 2.75) is 20.5 Å². The minimum Gasteiger partial charge on any atom is -0.494 e. The van der Waals surface area contributed by atoms with Crippen LogP contribution < -0.4 is 19.6 Å². The smallest absolute Gasteiger partial charge is 0.307 e. The van der Waals surface area contributed by atoms with E-state index in [0.717, 1.165) is 16.7 Å². The number of nitrogens with one attached hydrogen (secondary N) is 1. The van der Waals surface area contributed by atoms with Gasteiger partial charge < -0.3 is 18.6 Å². The number of hydrazone groups is 1. The highest BCUT2D eigenvalue weighted by molar-refractivity contribution is 9.10. The first-order valence-corrected chi connectivity index (χ1v) is 11.8. The van der Waals surface area contributed by atoms with Crippen molar-refractivity contribution in [2.24, 2.45) is 5.10 Å². The van der Waals surface area contributed by atoms with Crippen LogP contribution in [0.2, 0.25) is 0 Å². The molecule has 4 rings (SSSR count). The second-order valence-corrected chi connectivity index (χ2v) is 8.61. The molecule has 0 atom stereocenters. The molecule has 0 aliphatic rings. The summed E-state index contributed by atoms with van der Waals surface area (Å²) < 4.78 is 23.3. The molecule has 0 bridgehead atoms. The molecule has 1 N–H and O–H groups in total. The van der Waals surface area contributed by atoms with Gasteiger partial charge in [0.2, 0.25) is 0 Å². The van der Waals surface area contributed by atoms with E-state index in [9.17, 15) is 4.79 Å². The van der Waals surface area contributed by atoms with Gasteiger partial charge in [-0.3, -0.25) is 4.79 Å². The number of hydrogen-bond acceptors (Lipinski definition) is 6. The number of furan rings is 1. The molecule has 1 heterocycles. The highest BCUT2D eigenvalue weighted by Gasteiger charge is 2.14. The number of carbonyl (C=O) groups is 1. The zero-order chi connectivity index (χ0) is 24.8. The molecule has 8 heteroatoms. The summed E-state index contributed by atoms with van der Waals surface area (Å²) in [5, 5.41) is 4.83. The molecule has 0 unspecified atom stereocenters. The molecule has 0 aliphatic carbocycles. The topological polar surface area (TPSA) is 82.3 Å². The summed E-state index contributed by atoms with van der Waals surface area (Å²) in [7, 11) is 1.57. The van der Waals surface area contributed by atoms with Crippen molar-refractivity contribution in [2.75, 3.05) is 13.7 Å². The van der Waals surface area contributed by atoms with Crippen LogP contribution in [-0.4, -0.2) is 25.8 Å². The van der Waals surface area contributed by atoms with Gasteiger partial charge >= 0.3 is 5.91 Å². The second kappa shape index (κ2) is 11.1. The Labute approximate surface area is 211 Å². The van der Waals surface area contributed by atoms with Crippen LogP contribution in [0.15, 0.2) is 74.7 Å². The molecule has 4 aromatic rings. The Morgan fingerprint density at radius 3 is 2.63 bits per heavy atom. The summed E-state index contributed by atoms with van der Waals surface area (Å²) in [6, 6.07) is 18.8. The number of amides is 1. The molecule has 0 radical (unpaired) electrons. The van der Waals surface area contributed by atoms with Gasteiger partial charge in [-0.2, -0.15) is 5.10 Å². The number of ether oxygens (including phenoxy) is 3. The van der Waals surface area contributed by atoms with Crippen LogP contribution in [0.4, 0.5) is 0 Å². The van der Waals surface area contributed by atoms with Crippen molar-refractivity contribution < 1.29 is 23.4 Å². The summed E-state index contributed by atoms with van der Waals surface area (Å²) in [6.07, 6.45) is 1.52. The highest BCUT2D eigenvalue weighted by atomic mass is 79.9. The van der Waals surface area contributed by atoms with Gasteiger partial charge in [0.1, 0.15) is 17.9 Å². The molecular formula is C27H25BrN2O5. The summed E-state index contributed by atoms with van der Waals surface area (Å²) in [4.78, 5) is 12.5. The fraction of sp³-hybridized carbons (Fsp3) is 0.185. The van der Waals surface area contributed by atoms with Crippen molar-refractivity contribution in [3.05, 3.63) is 87.6 Å². The standard InChI is InChI=1S/C27H25BrN2O5/c1-4-33-21-9-10-23-20(13-21)14-25(35-23)27(31)30-29-15-19-11-22(28)26(24(12-19)32-3)34-16-18-7-5-17(2)6-8-18/h5-15H,4,16H2,1-3H3,(H,30,31)/b29-15+. The third-order valence-electron chi connectivity index (χ3n) is 5.16. The minimum absolute atomic E-state index is 0.157. The van der Waals surface area contributed by atoms with E-state index in [2.05, 4.69) is 26.5 Å². The number of aryl methyl sites for hydroxylation is 1. The van der Waals surface area contributed by atoms with Crippen molar-refractivity contribution >= 4 is 39.0 Å². The Balaban J connectivity index is 1.42. The zero-order valence-electron chi connectivity index (χ0n) is 19.6. The van der Waals surface area contributed by atoms with Gasteiger partial charge in [0.25, 0.3) is 0 Å². The van der Waals surface area contributed by atoms with Gasteiger partial charge in [0, 0.05) is 5.39 Å². The number of methoxy groups -OCH3 is 1. The number of hydrogen-bond donors (Lipinski definition) is 1. The molecule has 0 saturated carbocycles. The Morgan fingerprint density at radius 1 is 1.09 bits per heavy atom. The van der Waals surface area contributed by atoms with Crippen LogP contribution in [0.5, 0.6) is 17.2 Å². The fourth-order valence-electron chi connectivity index (χ4n) is 3.40. The van der Waals surface area contributed by atoms with Gasteiger partial charge in [-0.25, -0.2) is 5.43 Å². The van der Waals surface area contributed by atoms with Crippen molar-refractivity contribution in [3.63, 3.8) is 0 Å². The molecule has 180 valence electrons. The Kier molecular flexibility index (Phi) is 7.72. The number of halogens is 1. The SMILES string of the molecule is CCOc1ccc2oc(C(=O)N/N=C/c3cc(Br)c(OCc4ccc(C)cc4)c(OC)c3)cc2c1. The molecule has 35 heavy (non-hydrogen) atoms. The van der Waals surface area contributed by atoms with Gasteiger partial charge in [0.05, 0.1) is 24.4 Å². The molecule has 1 aromatic heterocycles. The molecule has 0 spiro atoms. The molecule has 7 nitrogen and oxygen atoms in total. The average molecular weight is 537 g/mol. The summed E-state index contributed by atoms with van der Waals surface area (Å²) in [5.74, 6) is 1.55. The largest absolute Gasteiger partial charge is 0.494 e. The lowest BCUT2D eigenvalue weighted by Crippen LogP contribution is -2.16. The normalized spacial score (nSPS) is 11.1. The van der Waals surface area contributed by atoms with E-state index in [1.807, 2.05) is 50.2 Å².